The van der Waals surface area contributed by atoms with E-state index >= 15 is 0 Å². The number of nitrogens with zero attached hydrogens (tertiary/aromatic N) is 1. The number of ketones is 1. The molecule has 3 heterocycles. The van der Waals surface area contributed by atoms with E-state index in [-0.39, 0.29) is 17.6 Å². The number of hydrogen-bond acceptors (Lipinski definition) is 6. The molecule has 1 aromatic heterocycles. The number of hydrogen-bond donors (Lipinski definition) is 2. The quantitative estimate of drug-likeness (QED) is 0.664. The molecule has 0 spiro atoms. The number of thiophene rings is 1. The molecular formula is C27H31N3O3S. The third kappa shape index (κ3) is 4.60. The highest BCUT2D eigenvalue weighted by Crippen LogP contribution is 2.45. The molecule has 1 saturated heterocycles. The SMILES string of the molecule is CC1=C(C(=O)Nc2ccccc2)[C@H](c2cc(CN3CCOCC3)c(C)s2)C2=C(CCCC2=O)N1. The van der Waals surface area contributed by atoms with Crippen molar-refractivity contribution in [3.63, 3.8) is 0 Å². The minimum Gasteiger partial charge on any atom is -0.379 e. The molecule has 2 aliphatic heterocycles. The van der Waals surface area contributed by atoms with Crippen LogP contribution >= 0.6 is 11.3 Å². The Labute approximate surface area is 204 Å². The lowest BCUT2D eigenvalue weighted by molar-refractivity contribution is -0.116. The van der Waals surface area contributed by atoms with Crippen molar-refractivity contribution in [3.05, 3.63) is 74.3 Å². The van der Waals surface area contributed by atoms with E-state index in [9.17, 15) is 9.59 Å². The summed E-state index contributed by atoms with van der Waals surface area (Å²) in [6.07, 6.45) is 2.23. The molecular weight excluding hydrogens is 446 g/mol. The first-order valence-electron chi connectivity index (χ1n) is 12.0. The number of benzene rings is 1. The number of morpholine rings is 1. The number of carbonyl (C=O) groups excluding carboxylic acids is 2. The maximum Gasteiger partial charge on any atom is 0.254 e. The molecule has 1 aromatic carbocycles. The standard InChI is InChI=1S/C27H31N3O3S/c1-17-24(27(32)29-20-7-4-3-5-8-20)26(25-21(28-17)9-6-10-22(25)31)23-15-19(18(2)34-23)16-30-11-13-33-14-12-30/h3-5,7-8,15,26,28H,6,9-14,16H2,1-2H3,(H,29,32)/t26-/m0/s1. The maximum absolute atomic E-state index is 13.6. The van der Waals surface area contributed by atoms with Gasteiger partial charge in [0.05, 0.1) is 19.1 Å². The predicted octanol–water partition coefficient (Wildman–Crippen LogP) is 4.50. The third-order valence-electron chi connectivity index (χ3n) is 6.87. The highest BCUT2D eigenvalue weighted by molar-refractivity contribution is 7.12. The molecule has 3 aliphatic rings. The largest absolute Gasteiger partial charge is 0.379 e. The highest BCUT2D eigenvalue weighted by Gasteiger charge is 2.39. The van der Waals surface area contributed by atoms with Gasteiger partial charge >= 0.3 is 0 Å². The summed E-state index contributed by atoms with van der Waals surface area (Å²) in [5.41, 5.74) is 5.23. The van der Waals surface area contributed by atoms with E-state index in [0.717, 1.165) is 73.2 Å². The lowest BCUT2D eigenvalue weighted by Crippen LogP contribution is -2.36. The molecule has 0 bridgehead atoms. The summed E-state index contributed by atoms with van der Waals surface area (Å²) in [4.78, 5) is 31.5. The van der Waals surface area contributed by atoms with Crippen LogP contribution in [0.4, 0.5) is 5.69 Å². The summed E-state index contributed by atoms with van der Waals surface area (Å²) < 4.78 is 5.50. The number of aryl methyl sites for hydroxylation is 1. The van der Waals surface area contributed by atoms with E-state index in [2.05, 4.69) is 28.5 Å². The molecule has 2 N–H and O–H groups in total. The van der Waals surface area contributed by atoms with Crippen molar-refractivity contribution < 1.29 is 14.3 Å². The number of para-hydroxylation sites is 1. The van der Waals surface area contributed by atoms with Gasteiger partial charge in [0.2, 0.25) is 0 Å². The molecule has 1 aliphatic carbocycles. The Morgan fingerprint density at radius 3 is 2.71 bits per heavy atom. The third-order valence-corrected chi connectivity index (χ3v) is 8.03. The second-order valence-corrected chi connectivity index (χ2v) is 10.5. The number of nitrogens with one attached hydrogen (secondary N) is 2. The van der Waals surface area contributed by atoms with Gasteiger partial charge in [-0.2, -0.15) is 0 Å². The number of dihydropyridines is 1. The number of Topliss-reactive ketones (excluding diaryl/α,β-unsaturated/α-hetero) is 1. The molecule has 1 amide bonds. The fourth-order valence-corrected chi connectivity index (χ4v) is 6.30. The van der Waals surface area contributed by atoms with E-state index in [0.29, 0.717) is 12.0 Å². The number of carbonyl (C=O) groups is 2. The summed E-state index contributed by atoms with van der Waals surface area (Å²) in [5, 5.41) is 6.46. The minimum atomic E-state index is -0.338. The minimum absolute atomic E-state index is 0.150. The zero-order valence-corrected chi connectivity index (χ0v) is 20.6. The number of allylic oxidation sites excluding steroid dienone is 3. The van der Waals surface area contributed by atoms with Crippen molar-refractivity contribution in [1.82, 2.24) is 10.2 Å². The summed E-state index contributed by atoms with van der Waals surface area (Å²) in [5.74, 6) is -0.348. The van der Waals surface area contributed by atoms with Crippen molar-refractivity contribution in [2.75, 3.05) is 31.6 Å². The predicted molar refractivity (Wildman–Crippen MR) is 135 cm³/mol. The van der Waals surface area contributed by atoms with Gasteiger partial charge in [-0.1, -0.05) is 18.2 Å². The summed E-state index contributed by atoms with van der Waals surface area (Å²) in [6.45, 7) is 8.34. The molecule has 7 heteroatoms. The molecule has 6 nitrogen and oxygen atoms in total. The molecule has 0 unspecified atom stereocenters. The number of anilines is 1. The fourth-order valence-electron chi connectivity index (χ4n) is 5.13. The van der Waals surface area contributed by atoms with Gasteiger partial charge in [0.15, 0.2) is 5.78 Å². The van der Waals surface area contributed by atoms with Crippen molar-refractivity contribution in [2.45, 2.75) is 45.6 Å². The first-order valence-corrected chi connectivity index (χ1v) is 12.8. The normalized spacial score (nSPS) is 21.4. The number of amides is 1. The molecule has 5 rings (SSSR count). The zero-order valence-electron chi connectivity index (χ0n) is 19.8. The van der Waals surface area contributed by atoms with Gasteiger partial charge in [0, 0.05) is 64.0 Å². The maximum atomic E-state index is 13.6. The monoisotopic (exact) mass is 477 g/mol. The van der Waals surface area contributed by atoms with Crippen LogP contribution in [0.15, 0.2) is 58.9 Å². The Morgan fingerprint density at radius 1 is 1.18 bits per heavy atom. The van der Waals surface area contributed by atoms with Crippen molar-refractivity contribution in [1.29, 1.82) is 0 Å². The molecule has 34 heavy (non-hydrogen) atoms. The molecule has 178 valence electrons. The van der Waals surface area contributed by atoms with Gasteiger partial charge in [0.1, 0.15) is 0 Å². The van der Waals surface area contributed by atoms with Crippen LogP contribution in [0.3, 0.4) is 0 Å². The van der Waals surface area contributed by atoms with E-state index < -0.39 is 0 Å². The lowest BCUT2D eigenvalue weighted by atomic mass is 9.77. The van der Waals surface area contributed by atoms with Crippen LogP contribution in [0.5, 0.6) is 0 Å². The van der Waals surface area contributed by atoms with E-state index in [4.69, 9.17) is 4.74 Å². The molecule has 0 radical (unpaired) electrons. The van der Waals surface area contributed by atoms with Gasteiger partial charge in [-0.05, 0) is 50.5 Å². The van der Waals surface area contributed by atoms with Crippen molar-refractivity contribution >= 4 is 28.7 Å². The fraction of sp³-hybridized carbons (Fsp3) is 0.407. The smallest absolute Gasteiger partial charge is 0.254 e. The summed E-state index contributed by atoms with van der Waals surface area (Å²) in [6, 6.07) is 11.7. The van der Waals surface area contributed by atoms with Crippen LogP contribution < -0.4 is 10.6 Å². The van der Waals surface area contributed by atoms with Crippen LogP contribution in [0, 0.1) is 6.92 Å². The van der Waals surface area contributed by atoms with Crippen molar-refractivity contribution in [2.24, 2.45) is 0 Å². The topological polar surface area (TPSA) is 70.7 Å². The second-order valence-electron chi connectivity index (χ2n) is 9.20. The summed E-state index contributed by atoms with van der Waals surface area (Å²) >= 11 is 1.71. The van der Waals surface area contributed by atoms with Crippen LogP contribution in [0.1, 0.15) is 47.4 Å². The summed E-state index contributed by atoms with van der Waals surface area (Å²) in [7, 11) is 0. The first-order chi connectivity index (χ1) is 16.5. The Bertz CT molecular complexity index is 1160. The zero-order chi connectivity index (χ0) is 23.7. The molecule has 2 aromatic rings. The number of ether oxygens (including phenoxy) is 1. The van der Waals surface area contributed by atoms with Gasteiger partial charge < -0.3 is 15.4 Å². The molecule has 1 atom stereocenters. The lowest BCUT2D eigenvalue weighted by Gasteiger charge is -2.34. The van der Waals surface area contributed by atoms with E-state index in [1.54, 1.807) is 11.3 Å². The van der Waals surface area contributed by atoms with Gasteiger partial charge in [-0.15, -0.1) is 11.3 Å². The van der Waals surface area contributed by atoms with E-state index in [1.807, 2.05) is 37.3 Å². The Morgan fingerprint density at radius 2 is 1.94 bits per heavy atom. The van der Waals surface area contributed by atoms with Gasteiger partial charge in [-0.3, -0.25) is 14.5 Å². The first kappa shape index (κ1) is 23.0. The van der Waals surface area contributed by atoms with Gasteiger partial charge in [-0.25, -0.2) is 0 Å². The van der Waals surface area contributed by atoms with E-state index in [1.165, 1.54) is 10.4 Å². The van der Waals surface area contributed by atoms with Crippen molar-refractivity contribution in [3.8, 4) is 0 Å². The average Bonchev–Trinajstić information content (AvgIpc) is 3.19. The highest BCUT2D eigenvalue weighted by atomic mass is 32.1. The Kier molecular flexibility index (Phi) is 6.68. The average molecular weight is 478 g/mol. The van der Waals surface area contributed by atoms with Gasteiger partial charge in [0.25, 0.3) is 5.91 Å². The molecule has 0 saturated carbocycles. The second kappa shape index (κ2) is 9.86. The van der Waals surface area contributed by atoms with Crippen LogP contribution in [0.2, 0.25) is 0 Å². The van der Waals surface area contributed by atoms with Crippen LogP contribution in [-0.4, -0.2) is 42.9 Å². The molecule has 1 fully saturated rings. The Hall–Kier alpha value is -2.74. The van der Waals surface area contributed by atoms with Crippen LogP contribution in [0.25, 0.3) is 0 Å². The van der Waals surface area contributed by atoms with Crippen LogP contribution in [-0.2, 0) is 20.9 Å². The number of rotatable bonds is 5. The Balaban J connectivity index is 1.52.